The number of hydrogen-bond acceptors (Lipinski definition) is 7. The Labute approximate surface area is 171 Å². The van der Waals surface area contributed by atoms with Gasteiger partial charge in [-0.05, 0) is 43.5 Å². The van der Waals surface area contributed by atoms with Gasteiger partial charge in [-0.2, -0.15) is 9.97 Å². The molecule has 1 fully saturated rings. The van der Waals surface area contributed by atoms with Crippen LogP contribution in [0.5, 0.6) is 6.01 Å². The van der Waals surface area contributed by atoms with Gasteiger partial charge in [0.2, 0.25) is 5.91 Å². The molecular formula is C21H28N6O2. The first-order chi connectivity index (χ1) is 14.1. The van der Waals surface area contributed by atoms with E-state index in [2.05, 4.69) is 44.5 Å². The van der Waals surface area contributed by atoms with Crippen molar-refractivity contribution in [3.63, 3.8) is 0 Å². The van der Waals surface area contributed by atoms with Crippen LogP contribution in [0.4, 0.5) is 17.3 Å². The van der Waals surface area contributed by atoms with E-state index in [1.165, 1.54) is 31.5 Å². The van der Waals surface area contributed by atoms with E-state index < -0.39 is 0 Å². The number of likely N-dealkylation sites (tertiary alicyclic amines) is 1. The van der Waals surface area contributed by atoms with E-state index in [1.807, 2.05) is 11.8 Å². The maximum absolute atomic E-state index is 12.2. The van der Waals surface area contributed by atoms with Crippen LogP contribution in [0, 0.1) is 0 Å². The molecule has 0 radical (unpaired) electrons. The third-order valence-corrected chi connectivity index (χ3v) is 5.20. The smallest absolute Gasteiger partial charge is 0.320 e. The van der Waals surface area contributed by atoms with E-state index in [-0.39, 0.29) is 24.3 Å². The molecule has 154 valence electrons. The molecule has 2 aliphatic heterocycles. The molecule has 0 bridgehead atoms. The lowest BCUT2D eigenvalue weighted by Crippen LogP contribution is -2.39. The van der Waals surface area contributed by atoms with Crippen molar-refractivity contribution in [2.45, 2.75) is 39.3 Å². The van der Waals surface area contributed by atoms with E-state index in [4.69, 9.17) is 10.5 Å². The van der Waals surface area contributed by atoms with Crippen LogP contribution in [0.25, 0.3) is 0 Å². The first kappa shape index (κ1) is 19.4. The molecule has 0 aliphatic carbocycles. The summed E-state index contributed by atoms with van der Waals surface area (Å²) in [6.07, 6.45) is 3.41. The predicted molar refractivity (Wildman–Crippen MR) is 113 cm³/mol. The van der Waals surface area contributed by atoms with Crippen molar-refractivity contribution in [1.82, 2.24) is 14.9 Å². The second-order valence-electron chi connectivity index (χ2n) is 7.65. The number of nitrogens with one attached hydrogen (secondary N) is 1. The monoisotopic (exact) mass is 396 g/mol. The number of nitrogens with two attached hydrogens (primary N) is 1. The number of fused-ring (bicyclic) bond motifs is 1. The number of hydrogen-bond donors (Lipinski definition) is 2. The van der Waals surface area contributed by atoms with Gasteiger partial charge in [-0.1, -0.05) is 31.2 Å². The number of nitrogen functional groups attached to an aromatic ring is 1. The van der Waals surface area contributed by atoms with Crippen LogP contribution < -0.4 is 20.7 Å². The molecule has 4 rings (SSSR count). The van der Waals surface area contributed by atoms with Crippen molar-refractivity contribution < 1.29 is 9.53 Å². The van der Waals surface area contributed by atoms with Gasteiger partial charge in [0.15, 0.2) is 11.6 Å². The lowest BCUT2D eigenvalue weighted by molar-refractivity contribution is -0.115. The molecule has 29 heavy (non-hydrogen) atoms. The second kappa shape index (κ2) is 8.65. The van der Waals surface area contributed by atoms with Gasteiger partial charge in [0.25, 0.3) is 0 Å². The Balaban J connectivity index is 1.56. The van der Waals surface area contributed by atoms with Crippen molar-refractivity contribution in [1.29, 1.82) is 0 Å². The fourth-order valence-electron chi connectivity index (χ4n) is 3.86. The topological polar surface area (TPSA) is 96.6 Å². The van der Waals surface area contributed by atoms with Crippen molar-refractivity contribution in [3.8, 4) is 6.01 Å². The van der Waals surface area contributed by atoms with Crippen LogP contribution in [-0.4, -0.2) is 47.0 Å². The number of amides is 1. The van der Waals surface area contributed by atoms with E-state index in [0.717, 1.165) is 18.5 Å². The zero-order chi connectivity index (χ0) is 20.2. The Morgan fingerprint density at radius 1 is 1.17 bits per heavy atom. The van der Waals surface area contributed by atoms with Gasteiger partial charge < -0.3 is 20.7 Å². The molecular weight excluding hydrogens is 368 g/mol. The highest BCUT2D eigenvalue weighted by Crippen LogP contribution is 2.34. The molecule has 2 aromatic rings. The third-order valence-electron chi connectivity index (χ3n) is 5.20. The summed E-state index contributed by atoms with van der Waals surface area (Å²) in [6, 6.07) is 8.78. The van der Waals surface area contributed by atoms with Crippen LogP contribution in [0.3, 0.4) is 0 Å². The molecule has 8 heteroatoms. The van der Waals surface area contributed by atoms with Gasteiger partial charge in [0, 0.05) is 13.1 Å². The summed E-state index contributed by atoms with van der Waals surface area (Å²) >= 11 is 0. The van der Waals surface area contributed by atoms with Crippen molar-refractivity contribution >= 4 is 23.2 Å². The van der Waals surface area contributed by atoms with Crippen LogP contribution in [0.15, 0.2) is 24.3 Å². The predicted octanol–water partition coefficient (Wildman–Crippen LogP) is 2.40. The number of anilines is 3. The van der Waals surface area contributed by atoms with Crippen LogP contribution in [-0.2, 0) is 17.9 Å². The molecule has 2 aliphatic rings. The van der Waals surface area contributed by atoms with Crippen LogP contribution >= 0.6 is 0 Å². The van der Waals surface area contributed by atoms with Crippen molar-refractivity contribution in [2.24, 2.45) is 0 Å². The minimum atomic E-state index is -0.122. The number of benzene rings is 1. The Bertz CT molecular complexity index is 881. The fourth-order valence-corrected chi connectivity index (χ4v) is 3.86. The summed E-state index contributed by atoms with van der Waals surface area (Å²) in [5, 5.41) is 2.79. The number of carbonyl (C=O) groups is 1. The summed E-state index contributed by atoms with van der Waals surface area (Å²) in [7, 11) is 0. The highest BCUT2D eigenvalue weighted by Gasteiger charge is 2.27. The molecule has 0 saturated carbocycles. The minimum absolute atomic E-state index is 0.122. The minimum Gasteiger partial charge on any atom is -0.463 e. The quantitative estimate of drug-likeness (QED) is 0.742. The van der Waals surface area contributed by atoms with E-state index in [0.29, 0.717) is 24.7 Å². The van der Waals surface area contributed by atoms with Gasteiger partial charge in [0.1, 0.15) is 5.69 Å². The Hall–Kier alpha value is -2.87. The fraction of sp³-hybridized carbons (Fsp3) is 0.476. The molecule has 3 heterocycles. The lowest BCUT2D eigenvalue weighted by atomic mass is 10.1. The lowest BCUT2D eigenvalue weighted by Gasteiger charge is -2.30. The highest BCUT2D eigenvalue weighted by atomic mass is 16.5. The molecule has 0 atom stereocenters. The SMILES string of the molecule is CCCOc1nc(N)c2c(n1)N(Cc1cccc(CN3CCCC3)c1)CC(=O)N2. The number of rotatable bonds is 7. The van der Waals surface area contributed by atoms with Gasteiger partial charge in [0.05, 0.1) is 13.2 Å². The normalized spacial score (nSPS) is 16.6. The van der Waals surface area contributed by atoms with Gasteiger partial charge in [-0.15, -0.1) is 0 Å². The Morgan fingerprint density at radius 2 is 1.93 bits per heavy atom. The molecule has 1 saturated heterocycles. The molecule has 8 nitrogen and oxygen atoms in total. The van der Waals surface area contributed by atoms with E-state index in [9.17, 15) is 4.79 Å². The van der Waals surface area contributed by atoms with Crippen LogP contribution in [0.2, 0.25) is 0 Å². The average Bonchev–Trinajstić information content (AvgIpc) is 3.20. The molecule has 1 amide bonds. The summed E-state index contributed by atoms with van der Waals surface area (Å²) in [4.78, 5) is 25.3. The summed E-state index contributed by atoms with van der Waals surface area (Å²) in [5.41, 5.74) is 8.95. The summed E-state index contributed by atoms with van der Waals surface area (Å²) in [5.74, 6) is 0.707. The molecule has 3 N–H and O–H groups in total. The maximum Gasteiger partial charge on any atom is 0.320 e. The number of aromatic nitrogens is 2. The zero-order valence-electron chi connectivity index (χ0n) is 16.9. The van der Waals surface area contributed by atoms with Crippen LogP contribution in [0.1, 0.15) is 37.3 Å². The highest BCUT2D eigenvalue weighted by molar-refractivity contribution is 6.03. The number of nitrogens with zero attached hydrogens (tertiary/aromatic N) is 4. The maximum atomic E-state index is 12.2. The number of ether oxygens (including phenoxy) is 1. The van der Waals surface area contributed by atoms with Gasteiger partial charge in [-0.3, -0.25) is 9.69 Å². The van der Waals surface area contributed by atoms with Gasteiger partial charge >= 0.3 is 6.01 Å². The third kappa shape index (κ3) is 4.59. The zero-order valence-corrected chi connectivity index (χ0v) is 16.9. The van der Waals surface area contributed by atoms with Crippen molar-refractivity contribution in [2.75, 3.05) is 42.2 Å². The van der Waals surface area contributed by atoms with Crippen molar-refractivity contribution in [3.05, 3.63) is 35.4 Å². The molecule has 0 unspecified atom stereocenters. The Kier molecular flexibility index (Phi) is 5.80. The Morgan fingerprint density at radius 3 is 2.69 bits per heavy atom. The summed E-state index contributed by atoms with van der Waals surface area (Å²) in [6.45, 7) is 6.62. The first-order valence-corrected chi connectivity index (χ1v) is 10.3. The molecule has 1 aromatic heterocycles. The second-order valence-corrected chi connectivity index (χ2v) is 7.65. The first-order valence-electron chi connectivity index (χ1n) is 10.3. The average molecular weight is 396 g/mol. The number of carbonyl (C=O) groups excluding carboxylic acids is 1. The van der Waals surface area contributed by atoms with E-state index >= 15 is 0 Å². The van der Waals surface area contributed by atoms with E-state index in [1.54, 1.807) is 0 Å². The largest absolute Gasteiger partial charge is 0.463 e. The standard InChI is InChI=1S/C21H28N6O2/c1-2-10-29-21-24-19(22)18-20(25-21)27(14-17(28)23-18)13-16-7-5-6-15(11-16)12-26-8-3-4-9-26/h5-7,11H,2-4,8-10,12-14H2,1H3,(H,23,28)(H2,22,24,25). The molecule has 1 aromatic carbocycles. The van der Waals surface area contributed by atoms with Gasteiger partial charge in [-0.25, -0.2) is 0 Å². The molecule has 0 spiro atoms. The summed E-state index contributed by atoms with van der Waals surface area (Å²) < 4.78 is 5.57.